The molecule has 1 fully saturated rings. The minimum Gasteiger partial charge on any atom is -0.482 e. The molecular formula is C23H22F3NO4. The molecule has 0 bridgehead atoms. The Kier molecular flexibility index (Phi) is 5.56. The van der Waals surface area contributed by atoms with Crippen molar-refractivity contribution in [1.82, 2.24) is 4.98 Å². The van der Waals surface area contributed by atoms with E-state index >= 15 is 0 Å². The first-order valence-corrected chi connectivity index (χ1v) is 10.0. The third kappa shape index (κ3) is 4.62. The lowest BCUT2D eigenvalue weighted by Crippen LogP contribution is -2.13. The summed E-state index contributed by atoms with van der Waals surface area (Å²) in [5.41, 5.74) is 1.22. The average molecular weight is 433 g/mol. The summed E-state index contributed by atoms with van der Waals surface area (Å²) in [7, 11) is 0. The Bertz CT molecular complexity index is 1120. The number of ether oxygens (including phenoxy) is 2. The molecule has 0 radical (unpaired) electrons. The quantitative estimate of drug-likeness (QED) is 0.473. The molecule has 164 valence electrons. The van der Waals surface area contributed by atoms with Gasteiger partial charge in [-0.1, -0.05) is 19.3 Å². The number of benzene rings is 2. The van der Waals surface area contributed by atoms with Gasteiger partial charge in [0.25, 0.3) is 0 Å². The van der Waals surface area contributed by atoms with Crippen molar-refractivity contribution in [1.29, 1.82) is 0 Å². The molecule has 0 unspecified atom stereocenters. The molecule has 2 aromatic carbocycles. The van der Waals surface area contributed by atoms with Crippen molar-refractivity contribution >= 4 is 16.9 Å². The topological polar surface area (TPSA) is 71.6 Å². The number of hydrogen-bond acceptors (Lipinski definition) is 3. The molecule has 1 saturated carbocycles. The van der Waals surface area contributed by atoms with Gasteiger partial charge < -0.3 is 19.6 Å². The van der Waals surface area contributed by atoms with Gasteiger partial charge in [-0.2, -0.15) is 13.2 Å². The number of carboxylic acids is 1. The second-order valence-corrected chi connectivity index (χ2v) is 7.92. The van der Waals surface area contributed by atoms with Crippen LogP contribution in [-0.4, -0.2) is 22.7 Å². The number of carboxylic acid groups (broad SMARTS) is 1. The van der Waals surface area contributed by atoms with Gasteiger partial charge in [-0.3, -0.25) is 0 Å². The summed E-state index contributed by atoms with van der Waals surface area (Å²) in [6, 6.07) is 7.28. The molecule has 31 heavy (non-hydrogen) atoms. The van der Waals surface area contributed by atoms with Gasteiger partial charge in [0, 0.05) is 17.1 Å². The van der Waals surface area contributed by atoms with Crippen LogP contribution < -0.4 is 9.47 Å². The van der Waals surface area contributed by atoms with Crippen LogP contribution in [0.3, 0.4) is 0 Å². The molecule has 5 nitrogen and oxygen atoms in total. The fourth-order valence-electron chi connectivity index (χ4n) is 3.83. The Balaban J connectivity index is 1.66. The van der Waals surface area contributed by atoms with Gasteiger partial charge in [0.1, 0.15) is 22.8 Å². The van der Waals surface area contributed by atoms with Crippen LogP contribution in [0.25, 0.3) is 10.9 Å². The monoisotopic (exact) mass is 433 g/mol. The number of fused-ring (bicyclic) bond motifs is 1. The third-order valence-electron chi connectivity index (χ3n) is 5.61. The lowest BCUT2D eigenvalue weighted by atomic mass is 9.81. The Labute approximate surface area is 176 Å². The van der Waals surface area contributed by atoms with E-state index in [-0.39, 0.29) is 17.1 Å². The predicted octanol–water partition coefficient (Wildman–Crippen LogP) is 6.09. The molecule has 1 aliphatic rings. The number of aromatic amines is 1. The van der Waals surface area contributed by atoms with Gasteiger partial charge in [-0.15, -0.1) is 0 Å². The molecular weight excluding hydrogens is 411 g/mol. The molecule has 0 aliphatic heterocycles. The van der Waals surface area contributed by atoms with E-state index in [4.69, 9.17) is 14.6 Å². The third-order valence-corrected chi connectivity index (χ3v) is 5.61. The molecule has 8 heteroatoms. The Morgan fingerprint density at radius 2 is 1.97 bits per heavy atom. The van der Waals surface area contributed by atoms with E-state index in [9.17, 15) is 18.0 Å². The van der Waals surface area contributed by atoms with E-state index in [1.807, 2.05) is 6.20 Å². The van der Waals surface area contributed by atoms with Crippen molar-refractivity contribution in [2.45, 2.75) is 38.8 Å². The number of halogens is 3. The standard InChI is InChI=1S/C23H22F3NO4/c1-13-7-17(30-12-21(28)29)10-19(23(24,25)26)22(13)31-16-5-6-20-18(9-16)15(11-27-20)8-14-3-2-4-14/h5-7,9-11,14,27H,2-4,8,12H2,1H3,(H,28,29). The Morgan fingerprint density at radius 1 is 1.19 bits per heavy atom. The molecule has 1 aromatic heterocycles. The van der Waals surface area contributed by atoms with E-state index in [0.29, 0.717) is 11.7 Å². The smallest absolute Gasteiger partial charge is 0.420 e. The molecule has 3 aromatic rings. The Morgan fingerprint density at radius 3 is 2.61 bits per heavy atom. The first-order chi connectivity index (χ1) is 14.7. The maximum Gasteiger partial charge on any atom is 0.420 e. The van der Waals surface area contributed by atoms with E-state index in [1.54, 1.807) is 18.2 Å². The zero-order valence-corrected chi connectivity index (χ0v) is 16.9. The van der Waals surface area contributed by atoms with Crippen molar-refractivity contribution in [3.05, 3.63) is 53.2 Å². The molecule has 0 saturated heterocycles. The first kappa shape index (κ1) is 21.1. The molecule has 1 aliphatic carbocycles. The second kappa shape index (κ2) is 8.17. The van der Waals surface area contributed by atoms with Crippen molar-refractivity contribution in [2.75, 3.05) is 6.61 Å². The summed E-state index contributed by atoms with van der Waals surface area (Å²) in [6.07, 6.45) is 1.84. The zero-order chi connectivity index (χ0) is 22.2. The minimum atomic E-state index is -4.70. The number of alkyl halides is 3. The zero-order valence-electron chi connectivity index (χ0n) is 16.9. The number of aromatic nitrogens is 1. The summed E-state index contributed by atoms with van der Waals surface area (Å²) in [6.45, 7) is 0.736. The summed E-state index contributed by atoms with van der Waals surface area (Å²) < 4.78 is 51.8. The van der Waals surface area contributed by atoms with Crippen LogP contribution in [0.4, 0.5) is 13.2 Å². The van der Waals surface area contributed by atoms with Crippen LogP contribution in [0.1, 0.15) is 36.0 Å². The molecule has 0 amide bonds. The van der Waals surface area contributed by atoms with Crippen molar-refractivity contribution in [2.24, 2.45) is 5.92 Å². The number of rotatable bonds is 7. The Hall–Kier alpha value is -3.16. The lowest BCUT2D eigenvalue weighted by molar-refractivity contribution is -0.139. The van der Waals surface area contributed by atoms with E-state index < -0.39 is 24.3 Å². The highest BCUT2D eigenvalue weighted by Gasteiger charge is 2.36. The number of nitrogens with one attached hydrogen (secondary N) is 1. The van der Waals surface area contributed by atoms with Gasteiger partial charge in [0.05, 0.1) is 0 Å². The van der Waals surface area contributed by atoms with E-state index in [1.165, 1.54) is 32.3 Å². The molecule has 1 heterocycles. The van der Waals surface area contributed by atoms with Gasteiger partial charge in [-0.25, -0.2) is 4.79 Å². The number of H-pyrrole nitrogens is 1. The highest BCUT2D eigenvalue weighted by atomic mass is 19.4. The molecule has 0 spiro atoms. The van der Waals surface area contributed by atoms with Crippen molar-refractivity contribution in [3.63, 3.8) is 0 Å². The van der Waals surface area contributed by atoms with Crippen LogP contribution in [-0.2, 0) is 17.4 Å². The molecule has 0 atom stereocenters. The summed E-state index contributed by atoms with van der Waals surface area (Å²) in [5.74, 6) is -0.825. The summed E-state index contributed by atoms with van der Waals surface area (Å²) >= 11 is 0. The van der Waals surface area contributed by atoms with E-state index in [0.717, 1.165) is 29.0 Å². The summed E-state index contributed by atoms with van der Waals surface area (Å²) in [4.78, 5) is 13.9. The van der Waals surface area contributed by atoms with Gasteiger partial charge in [0.2, 0.25) is 0 Å². The number of aliphatic carboxylic acids is 1. The molecule has 4 rings (SSSR count). The van der Waals surface area contributed by atoms with Crippen LogP contribution in [0.2, 0.25) is 0 Å². The maximum absolute atomic E-state index is 13.7. The first-order valence-electron chi connectivity index (χ1n) is 10.0. The highest BCUT2D eigenvalue weighted by molar-refractivity contribution is 5.84. The number of aryl methyl sites for hydroxylation is 1. The lowest BCUT2D eigenvalue weighted by Gasteiger charge is -2.24. The second-order valence-electron chi connectivity index (χ2n) is 7.92. The van der Waals surface area contributed by atoms with Crippen LogP contribution in [0, 0.1) is 12.8 Å². The van der Waals surface area contributed by atoms with Gasteiger partial charge >= 0.3 is 12.1 Å². The normalized spacial score (nSPS) is 14.5. The van der Waals surface area contributed by atoms with Gasteiger partial charge in [0.15, 0.2) is 6.61 Å². The van der Waals surface area contributed by atoms with Crippen LogP contribution in [0.15, 0.2) is 36.5 Å². The van der Waals surface area contributed by atoms with Gasteiger partial charge in [-0.05, 0) is 60.7 Å². The fraction of sp³-hybridized carbons (Fsp3) is 0.348. The number of hydrogen-bond donors (Lipinski definition) is 2. The largest absolute Gasteiger partial charge is 0.482 e. The van der Waals surface area contributed by atoms with E-state index in [2.05, 4.69) is 4.98 Å². The minimum absolute atomic E-state index is 0.177. The summed E-state index contributed by atoms with van der Waals surface area (Å²) in [5, 5.41) is 9.66. The van der Waals surface area contributed by atoms with Crippen molar-refractivity contribution in [3.8, 4) is 17.2 Å². The van der Waals surface area contributed by atoms with Crippen molar-refractivity contribution < 1.29 is 32.5 Å². The average Bonchev–Trinajstić information content (AvgIpc) is 3.06. The van der Waals surface area contributed by atoms with Crippen LogP contribution >= 0.6 is 0 Å². The highest BCUT2D eigenvalue weighted by Crippen LogP contribution is 2.43. The predicted molar refractivity (Wildman–Crippen MR) is 109 cm³/mol. The fourth-order valence-corrected chi connectivity index (χ4v) is 3.83. The number of carbonyl (C=O) groups is 1. The SMILES string of the molecule is Cc1cc(OCC(=O)O)cc(C(F)(F)F)c1Oc1ccc2[nH]cc(CC3CCC3)c2c1. The molecule has 2 N–H and O–H groups in total. The maximum atomic E-state index is 13.7. The van der Waals surface area contributed by atoms with Crippen LogP contribution in [0.5, 0.6) is 17.2 Å².